The van der Waals surface area contributed by atoms with Gasteiger partial charge in [-0.05, 0) is 90.5 Å². The number of rotatable bonds is 3. The molecule has 1 aliphatic carbocycles. The van der Waals surface area contributed by atoms with Crippen molar-refractivity contribution in [2.75, 3.05) is 0 Å². The SMILES string of the molecule is C=Cc1cccc(C(=O)O)c1-c1c(C)c(C)c2c(c1C)CCCC2(C)C. The van der Waals surface area contributed by atoms with Gasteiger partial charge in [-0.1, -0.05) is 38.6 Å². The Morgan fingerprint density at radius 3 is 2.42 bits per heavy atom. The summed E-state index contributed by atoms with van der Waals surface area (Å²) in [7, 11) is 0. The Hall–Kier alpha value is -2.35. The molecule has 0 fully saturated rings. The third kappa shape index (κ3) is 2.68. The molecule has 0 saturated carbocycles. The number of hydrogen-bond donors (Lipinski definition) is 1. The molecule has 1 aliphatic rings. The van der Waals surface area contributed by atoms with Crippen LogP contribution in [0, 0.1) is 20.8 Å². The third-order valence-electron chi connectivity index (χ3n) is 6.14. The van der Waals surface area contributed by atoms with Crippen LogP contribution >= 0.6 is 0 Å². The van der Waals surface area contributed by atoms with Gasteiger partial charge < -0.3 is 5.11 Å². The van der Waals surface area contributed by atoms with Crippen LogP contribution in [0.4, 0.5) is 0 Å². The zero-order chi connectivity index (χ0) is 19.2. The summed E-state index contributed by atoms with van der Waals surface area (Å²) in [5.41, 5.74) is 9.88. The average Bonchev–Trinajstić information content (AvgIpc) is 2.59. The molecule has 136 valence electrons. The number of fused-ring (bicyclic) bond motifs is 1. The van der Waals surface area contributed by atoms with Crippen LogP contribution in [-0.4, -0.2) is 11.1 Å². The second-order valence-electron chi connectivity index (χ2n) is 8.12. The molecule has 3 rings (SSSR count). The Bertz CT molecular complexity index is 917. The van der Waals surface area contributed by atoms with Crippen LogP contribution in [0.15, 0.2) is 24.8 Å². The molecule has 1 N–H and O–H groups in total. The van der Waals surface area contributed by atoms with E-state index in [-0.39, 0.29) is 5.41 Å². The fourth-order valence-electron chi connectivity index (χ4n) is 4.85. The molecule has 0 spiro atoms. The van der Waals surface area contributed by atoms with Crippen molar-refractivity contribution >= 4 is 12.0 Å². The average molecular weight is 348 g/mol. The van der Waals surface area contributed by atoms with Crippen molar-refractivity contribution in [2.24, 2.45) is 0 Å². The quantitative estimate of drug-likeness (QED) is 0.713. The zero-order valence-electron chi connectivity index (χ0n) is 16.5. The maximum Gasteiger partial charge on any atom is 0.336 e. The lowest BCUT2D eigenvalue weighted by Crippen LogP contribution is -2.27. The van der Waals surface area contributed by atoms with E-state index in [0.717, 1.165) is 23.1 Å². The second-order valence-corrected chi connectivity index (χ2v) is 8.12. The molecule has 0 aliphatic heterocycles. The van der Waals surface area contributed by atoms with E-state index in [0.29, 0.717) is 5.56 Å². The topological polar surface area (TPSA) is 37.3 Å². The number of aromatic carboxylic acids is 1. The van der Waals surface area contributed by atoms with Gasteiger partial charge in [0.2, 0.25) is 0 Å². The number of carboxylic acids is 1. The molecule has 26 heavy (non-hydrogen) atoms. The summed E-state index contributed by atoms with van der Waals surface area (Å²) in [6.45, 7) is 15.1. The van der Waals surface area contributed by atoms with Crippen LogP contribution in [0.1, 0.15) is 70.4 Å². The molecule has 0 bridgehead atoms. The molecule has 0 amide bonds. The first kappa shape index (κ1) is 18.4. The van der Waals surface area contributed by atoms with Gasteiger partial charge in [-0.15, -0.1) is 0 Å². The number of hydrogen-bond acceptors (Lipinski definition) is 1. The van der Waals surface area contributed by atoms with Gasteiger partial charge in [0.1, 0.15) is 0 Å². The van der Waals surface area contributed by atoms with Crippen LogP contribution in [0.3, 0.4) is 0 Å². The third-order valence-corrected chi connectivity index (χ3v) is 6.14. The van der Waals surface area contributed by atoms with Gasteiger partial charge in [0, 0.05) is 5.56 Å². The minimum atomic E-state index is -0.891. The molecule has 2 aromatic rings. The first-order valence-electron chi connectivity index (χ1n) is 9.33. The summed E-state index contributed by atoms with van der Waals surface area (Å²) in [5, 5.41) is 9.79. The first-order chi connectivity index (χ1) is 12.2. The van der Waals surface area contributed by atoms with Crippen LogP contribution < -0.4 is 0 Å². The van der Waals surface area contributed by atoms with Crippen molar-refractivity contribution in [1.29, 1.82) is 0 Å². The Balaban J connectivity index is 2.45. The van der Waals surface area contributed by atoms with Crippen LogP contribution in [0.2, 0.25) is 0 Å². The lowest BCUT2D eigenvalue weighted by Gasteiger charge is -2.37. The zero-order valence-corrected chi connectivity index (χ0v) is 16.5. The monoisotopic (exact) mass is 348 g/mol. The Morgan fingerprint density at radius 2 is 1.81 bits per heavy atom. The largest absolute Gasteiger partial charge is 0.478 e. The van der Waals surface area contributed by atoms with Crippen molar-refractivity contribution in [3.05, 3.63) is 63.7 Å². The molecule has 2 aromatic carbocycles. The van der Waals surface area contributed by atoms with Gasteiger partial charge in [0.15, 0.2) is 0 Å². The molecule has 0 aromatic heterocycles. The smallest absolute Gasteiger partial charge is 0.336 e. The van der Waals surface area contributed by atoms with E-state index in [2.05, 4.69) is 41.2 Å². The second kappa shape index (κ2) is 6.42. The van der Waals surface area contributed by atoms with Crippen molar-refractivity contribution in [3.8, 4) is 11.1 Å². The van der Waals surface area contributed by atoms with Crippen molar-refractivity contribution < 1.29 is 9.90 Å². The van der Waals surface area contributed by atoms with E-state index < -0.39 is 5.97 Å². The van der Waals surface area contributed by atoms with Gasteiger partial charge in [-0.25, -0.2) is 4.79 Å². The molecule has 2 nitrogen and oxygen atoms in total. The van der Waals surface area contributed by atoms with E-state index in [1.54, 1.807) is 18.2 Å². The fraction of sp³-hybridized carbons (Fsp3) is 0.375. The molecule has 0 unspecified atom stereocenters. The maximum absolute atomic E-state index is 11.9. The number of benzene rings is 2. The van der Waals surface area contributed by atoms with Crippen molar-refractivity contribution in [1.82, 2.24) is 0 Å². The van der Waals surface area contributed by atoms with E-state index in [9.17, 15) is 9.90 Å². The number of carboxylic acid groups (broad SMARTS) is 1. The normalized spacial score (nSPS) is 15.4. The maximum atomic E-state index is 11.9. The predicted octanol–water partition coefficient (Wildman–Crippen LogP) is 6.23. The van der Waals surface area contributed by atoms with Crippen LogP contribution in [-0.2, 0) is 11.8 Å². The highest BCUT2D eigenvalue weighted by molar-refractivity contribution is 6.00. The van der Waals surface area contributed by atoms with Crippen molar-refractivity contribution in [2.45, 2.75) is 59.3 Å². The van der Waals surface area contributed by atoms with Gasteiger partial charge in [0.25, 0.3) is 0 Å². The van der Waals surface area contributed by atoms with E-state index in [1.807, 2.05) is 6.07 Å². The molecule has 2 heteroatoms. The molecular weight excluding hydrogens is 320 g/mol. The minimum absolute atomic E-state index is 0.166. The predicted molar refractivity (Wildman–Crippen MR) is 109 cm³/mol. The van der Waals surface area contributed by atoms with E-state index in [1.165, 1.54) is 40.7 Å². The summed E-state index contributed by atoms with van der Waals surface area (Å²) in [5.74, 6) is -0.891. The number of carbonyl (C=O) groups is 1. The fourth-order valence-corrected chi connectivity index (χ4v) is 4.85. The molecule has 0 saturated heterocycles. The highest BCUT2D eigenvalue weighted by atomic mass is 16.4. The highest BCUT2D eigenvalue weighted by Crippen LogP contribution is 2.46. The Labute approximate surface area is 156 Å². The summed E-state index contributed by atoms with van der Waals surface area (Å²) >= 11 is 0. The van der Waals surface area contributed by atoms with Gasteiger partial charge in [0.05, 0.1) is 5.56 Å². The summed E-state index contributed by atoms with van der Waals surface area (Å²) < 4.78 is 0. The lowest BCUT2D eigenvalue weighted by molar-refractivity contribution is 0.0697. The summed E-state index contributed by atoms with van der Waals surface area (Å²) in [6.07, 6.45) is 5.21. The van der Waals surface area contributed by atoms with Crippen LogP contribution in [0.25, 0.3) is 17.2 Å². The molecule has 0 atom stereocenters. The van der Waals surface area contributed by atoms with Crippen molar-refractivity contribution in [3.63, 3.8) is 0 Å². The van der Waals surface area contributed by atoms with Crippen LogP contribution in [0.5, 0.6) is 0 Å². The molecular formula is C24H28O2. The van der Waals surface area contributed by atoms with Gasteiger partial charge in [-0.2, -0.15) is 0 Å². The summed E-state index contributed by atoms with van der Waals surface area (Å²) in [4.78, 5) is 11.9. The van der Waals surface area contributed by atoms with E-state index in [4.69, 9.17) is 0 Å². The van der Waals surface area contributed by atoms with Gasteiger partial charge in [-0.3, -0.25) is 0 Å². The molecule has 0 heterocycles. The highest BCUT2D eigenvalue weighted by Gasteiger charge is 2.33. The first-order valence-corrected chi connectivity index (χ1v) is 9.33. The standard InChI is InChI=1S/C24H28O2/c1-7-17-10-8-11-19(23(25)26)21(17)20-14(2)15(3)22-18(16(20)4)12-9-13-24(22,5)6/h7-8,10-11H,1,9,12-13H2,2-6H3,(H,25,26). The lowest BCUT2D eigenvalue weighted by atomic mass is 9.67. The summed E-state index contributed by atoms with van der Waals surface area (Å²) in [6, 6.07) is 5.44. The molecule has 0 radical (unpaired) electrons. The van der Waals surface area contributed by atoms with Gasteiger partial charge >= 0.3 is 5.97 Å². The minimum Gasteiger partial charge on any atom is -0.478 e. The Kier molecular flexibility index (Phi) is 4.56. The Morgan fingerprint density at radius 1 is 1.12 bits per heavy atom. The van der Waals surface area contributed by atoms with E-state index >= 15 is 0 Å².